The van der Waals surface area contributed by atoms with E-state index in [1.165, 1.54) is 38.5 Å². The quantitative estimate of drug-likeness (QED) is 0.795. The molecule has 0 aromatic rings. The zero-order chi connectivity index (χ0) is 13.5. The Morgan fingerprint density at radius 3 is 2.05 bits per heavy atom. The lowest BCUT2D eigenvalue weighted by Crippen LogP contribution is -2.54. The monoisotopic (exact) mass is 275 g/mol. The van der Waals surface area contributed by atoms with Gasteiger partial charge in [-0.2, -0.15) is 0 Å². The molecule has 5 saturated carbocycles. The Morgan fingerprint density at radius 2 is 1.55 bits per heavy atom. The Kier molecular flexibility index (Phi) is 2.28. The van der Waals surface area contributed by atoms with Crippen LogP contribution in [0.3, 0.4) is 0 Å². The van der Waals surface area contributed by atoms with Crippen LogP contribution in [0.15, 0.2) is 0 Å². The van der Waals surface area contributed by atoms with Crippen molar-refractivity contribution in [2.45, 2.75) is 51.0 Å². The fourth-order valence-corrected chi connectivity index (χ4v) is 6.74. The third kappa shape index (κ3) is 1.48. The molecule has 4 bridgehead atoms. The van der Waals surface area contributed by atoms with Crippen LogP contribution in [0.5, 0.6) is 0 Å². The number of aliphatic hydroxyl groups excluding tert-OH is 1. The average Bonchev–Trinajstić information content (AvgIpc) is 2.73. The van der Waals surface area contributed by atoms with Gasteiger partial charge < -0.3 is 10.0 Å². The van der Waals surface area contributed by atoms with Crippen LogP contribution in [0.2, 0.25) is 0 Å². The summed E-state index contributed by atoms with van der Waals surface area (Å²) >= 11 is 0. The molecule has 20 heavy (non-hydrogen) atoms. The highest BCUT2D eigenvalue weighted by molar-refractivity contribution is 5.83. The van der Waals surface area contributed by atoms with Gasteiger partial charge in [0.25, 0.3) is 0 Å². The summed E-state index contributed by atoms with van der Waals surface area (Å²) in [7, 11) is 0. The Bertz CT molecular complexity index is 425. The van der Waals surface area contributed by atoms with Gasteiger partial charge in [0.05, 0.1) is 11.5 Å². The highest BCUT2D eigenvalue weighted by Crippen LogP contribution is 2.61. The van der Waals surface area contributed by atoms with E-state index < -0.39 is 0 Å². The summed E-state index contributed by atoms with van der Waals surface area (Å²) in [5.74, 6) is 3.99. The van der Waals surface area contributed by atoms with Crippen molar-refractivity contribution in [1.82, 2.24) is 4.90 Å². The second-order valence-corrected chi connectivity index (χ2v) is 8.64. The molecule has 0 aromatic heterocycles. The fraction of sp³-hybridized carbons (Fsp3) is 0.941. The molecule has 0 spiro atoms. The van der Waals surface area contributed by atoms with Gasteiger partial charge in [-0.3, -0.25) is 4.79 Å². The van der Waals surface area contributed by atoms with Gasteiger partial charge in [-0.25, -0.2) is 0 Å². The van der Waals surface area contributed by atoms with Crippen molar-refractivity contribution in [2.75, 3.05) is 13.1 Å². The Morgan fingerprint density at radius 1 is 0.950 bits per heavy atom. The Balaban J connectivity index is 1.39. The molecule has 3 nitrogen and oxygen atoms in total. The van der Waals surface area contributed by atoms with Gasteiger partial charge in [0.2, 0.25) is 5.91 Å². The number of carbonyl (C=O) groups is 1. The average molecular weight is 275 g/mol. The van der Waals surface area contributed by atoms with E-state index in [9.17, 15) is 9.90 Å². The van der Waals surface area contributed by atoms with Crippen molar-refractivity contribution in [3.8, 4) is 0 Å². The number of aliphatic hydroxyl groups is 1. The second kappa shape index (κ2) is 3.79. The SMILES string of the molecule is O=C(N1C[C@H]2C[C@@H](O)[C@H]2C1)C12CC3CC(CC(C3)C1)C2. The van der Waals surface area contributed by atoms with Crippen LogP contribution in [0.4, 0.5) is 0 Å². The molecule has 5 aliphatic carbocycles. The summed E-state index contributed by atoms with van der Waals surface area (Å²) in [6.45, 7) is 1.77. The first-order chi connectivity index (χ1) is 9.63. The van der Waals surface area contributed by atoms with Crippen LogP contribution in [0, 0.1) is 35.0 Å². The molecular weight excluding hydrogens is 250 g/mol. The maximum absolute atomic E-state index is 13.2. The van der Waals surface area contributed by atoms with Crippen molar-refractivity contribution < 1.29 is 9.90 Å². The van der Waals surface area contributed by atoms with Crippen LogP contribution < -0.4 is 0 Å². The molecule has 6 aliphatic rings. The number of amides is 1. The predicted molar refractivity (Wildman–Crippen MR) is 74.8 cm³/mol. The number of nitrogens with zero attached hydrogens (tertiary/aromatic N) is 1. The summed E-state index contributed by atoms with van der Waals surface area (Å²) in [5.41, 5.74) is 0.0173. The second-order valence-electron chi connectivity index (χ2n) is 8.64. The molecule has 6 fully saturated rings. The number of hydrogen-bond acceptors (Lipinski definition) is 2. The van der Waals surface area contributed by atoms with Crippen molar-refractivity contribution in [3.63, 3.8) is 0 Å². The molecule has 3 heteroatoms. The van der Waals surface area contributed by atoms with Crippen LogP contribution in [0.1, 0.15) is 44.9 Å². The normalized spacial score (nSPS) is 55.8. The molecule has 0 radical (unpaired) electrons. The van der Waals surface area contributed by atoms with Crippen LogP contribution in [0.25, 0.3) is 0 Å². The van der Waals surface area contributed by atoms with Crippen LogP contribution in [-0.2, 0) is 4.79 Å². The minimum absolute atomic E-state index is 0.0173. The van der Waals surface area contributed by atoms with Gasteiger partial charge in [-0.05, 0) is 68.6 Å². The van der Waals surface area contributed by atoms with Gasteiger partial charge in [-0.15, -0.1) is 0 Å². The van der Waals surface area contributed by atoms with E-state index in [1.807, 2.05) is 0 Å². The summed E-state index contributed by atoms with van der Waals surface area (Å²) in [5, 5.41) is 9.81. The van der Waals surface area contributed by atoms with Gasteiger partial charge in [0.1, 0.15) is 0 Å². The van der Waals surface area contributed by atoms with Gasteiger partial charge >= 0.3 is 0 Å². The Hall–Kier alpha value is -0.570. The van der Waals surface area contributed by atoms with Gasteiger partial charge in [-0.1, -0.05) is 0 Å². The van der Waals surface area contributed by atoms with Crippen molar-refractivity contribution in [1.29, 1.82) is 0 Å². The molecule has 1 N–H and O–H groups in total. The maximum Gasteiger partial charge on any atom is 0.228 e. The summed E-state index contributed by atoms with van der Waals surface area (Å²) in [6, 6.07) is 0. The minimum atomic E-state index is -0.130. The van der Waals surface area contributed by atoms with E-state index in [-0.39, 0.29) is 11.5 Å². The van der Waals surface area contributed by atoms with Crippen molar-refractivity contribution in [3.05, 3.63) is 0 Å². The predicted octanol–water partition coefficient (Wildman–Crippen LogP) is 2.04. The Labute approximate surface area is 120 Å². The summed E-state index contributed by atoms with van der Waals surface area (Å²) < 4.78 is 0. The maximum atomic E-state index is 13.2. The third-order valence-electron chi connectivity index (χ3n) is 7.31. The molecule has 0 aromatic carbocycles. The van der Waals surface area contributed by atoms with E-state index in [2.05, 4.69) is 4.90 Å². The first kappa shape index (κ1) is 12.0. The summed E-state index contributed by atoms with van der Waals surface area (Å²) in [6.07, 6.45) is 8.51. The molecule has 3 atom stereocenters. The number of carbonyl (C=O) groups excluding carboxylic acids is 1. The molecule has 1 aliphatic heterocycles. The van der Waals surface area contributed by atoms with Crippen LogP contribution in [-0.4, -0.2) is 35.1 Å². The molecular formula is C17H25NO2. The first-order valence-corrected chi connectivity index (χ1v) is 8.60. The van der Waals surface area contributed by atoms with E-state index in [0.717, 1.165) is 37.3 Å². The zero-order valence-corrected chi connectivity index (χ0v) is 12.1. The highest BCUT2D eigenvalue weighted by atomic mass is 16.3. The number of hydrogen-bond donors (Lipinski definition) is 1. The largest absolute Gasteiger partial charge is 0.393 e. The van der Waals surface area contributed by atoms with Crippen LogP contribution >= 0.6 is 0 Å². The van der Waals surface area contributed by atoms with Gasteiger partial charge in [0, 0.05) is 19.0 Å². The molecule has 6 rings (SSSR count). The van der Waals surface area contributed by atoms with E-state index in [4.69, 9.17) is 0 Å². The molecule has 0 unspecified atom stereocenters. The van der Waals surface area contributed by atoms with Gasteiger partial charge in [0.15, 0.2) is 0 Å². The number of fused-ring (bicyclic) bond motifs is 1. The zero-order valence-electron chi connectivity index (χ0n) is 12.1. The highest BCUT2D eigenvalue weighted by Gasteiger charge is 2.57. The minimum Gasteiger partial charge on any atom is -0.393 e. The lowest BCUT2D eigenvalue weighted by molar-refractivity contribution is -0.156. The molecule has 110 valence electrons. The van der Waals surface area contributed by atoms with Crippen molar-refractivity contribution >= 4 is 5.91 Å². The molecule has 1 amide bonds. The topological polar surface area (TPSA) is 40.5 Å². The van der Waals surface area contributed by atoms with Crippen molar-refractivity contribution in [2.24, 2.45) is 35.0 Å². The van der Waals surface area contributed by atoms with E-state index >= 15 is 0 Å². The first-order valence-electron chi connectivity index (χ1n) is 8.60. The summed E-state index contributed by atoms with van der Waals surface area (Å²) in [4.78, 5) is 15.3. The lowest BCUT2D eigenvalue weighted by Gasteiger charge is -2.56. The molecule has 1 saturated heterocycles. The molecule has 1 heterocycles. The lowest BCUT2D eigenvalue weighted by atomic mass is 9.49. The standard InChI is InChI=1S/C17H25NO2/c19-15-4-13-8-18(9-14(13)15)16(20)17-5-10-1-11(6-17)3-12(2-10)7-17/h10-15,19H,1-9H2/t10?,11?,12?,13-,14+,15-,17?/m1/s1. The van der Waals surface area contributed by atoms with E-state index in [0.29, 0.717) is 17.7 Å². The fourth-order valence-electron chi connectivity index (χ4n) is 6.74. The smallest absolute Gasteiger partial charge is 0.228 e. The number of rotatable bonds is 1. The van der Waals surface area contributed by atoms with E-state index in [1.54, 1.807) is 0 Å². The third-order valence-corrected chi connectivity index (χ3v) is 7.31. The number of likely N-dealkylation sites (tertiary alicyclic amines) is 1.